The summed E-state index contributed by atoms with van der Waals surface area (Å²) in [4.78, 5) is 25.7. The summed E-state index contributed by atoms with van der Waals surface area (Å²) in [5.41, 5.74) is 2.15. The van der Waals surface area contributed by atoms with Crippen LogP contribution in [0.15, 0.2) is 24.3 Å². The number of likely N-dealkylation sites (tertiary alicyclic amines) is 1. The maximum absolute atomic E-state index is 11.7. The molecule has 1 N–H and O–H groups in total. The van der Waals surface area contributed by atoms with Gasteiger partial charge in [0.1, 0.15) is 6.10 Å². The van der Waals surface area contributed by atoms with Crippen LogP contribution in [0.5, 0.6) is 11.5 Å². The maximum Gasteiger partial charge on any atom is 1.00 e. The van der Waals surface area contributed by atoms with E-state index in [1.165, 1.54) is 19.4 Å². The average molecular weight is 489 g/mol. The summed E-state index contributed by atoms with van der Waals surface area (Å²) in [5, 5.41) is 0. The molecule has 2 aliphatic carbocycles. The molecule has 5 rings (SSSR count). The van der Waals surface area contributed by atoms with Gasteiger partial charge in [-0.2, -0.15) is 0 Å². The molecule has 4 aliphatic rings. The minimum Gasteiger partial charge on any atom is -0.726 e. The van der Waals surface area contributed by atoms with E-state index in [-0.39, 0.29) is 58.9 Å². The fourth-order valence-corrected chi connectivity index (χ4v) is 5.74. The first-order chi connectivity index (χ1) is 14.9. The van der Waals surface area contributed by atoms with Crippen LogP contribution in [-0.4, -0.2) is 66.2 Å². The van der Waals surface area contributed by atoms with Gasteiger partial charge >= 0.3 is 41.5 Å². The molecule has 2 aliphatic heterocycles. The van der Waals surface area contributed by atoms with E-state index in [0.717, 1.165) is 24.9 Å². The Morgan fingerprint density at radius 1 is 1.24 bits per heavy atom. The molecule has 12 heteroatoms. The second-order valence-electron chi connectivity index (χ2n) is 8.51. The Morgan fingerprint density at radius 3 is 2.52 bits per heavy atom. The Balaban J connectivity index is 0.000000465. The Hall–Kier alpha value is -1.47. The first-order valence-electron chi connectivity index (χ1n) is 10.2. The molecule has 33 heavy (non-hydrogen) atoms. The van der Waals surface area contributed by atoms with Gasteiger partial charge in [0.2, 0.25) is 10.4 Å². The minimum absolute atomic E-state index is 0. The number of ether oxygens (including phenoxy) is 3. The van der Waals surface area contributed by atoms with Gasteiger partial charge in [0.05, 0.1) is 0 Å². The van der Waals surface area contributed by atoms with Gasteiger partial charge in [0.15, 0.2) is 17.6 Å². The van der Waals surface area contributed by atoms with E-state index in [0.29, 0.717) is 17.5 Å². The van der Waals surface area contributed by atoms with Crippen molar-refractivity contribution in [2.75, 3.05) is 13.6 Å². The van der Waals surface area contributed by atoms with Crippen molar-refractivity contribution in [2.24, 2.45) is 5.92 Å². The molecule has 1 aromatic carbocycles. The normalized spacial score (nSPS) is 30.6. The molecule has 0 saturated carbocycles. The molecular weight excluding hydrogens is 465 g/mol. The van der Waals surface area contributed by atoms with Crippen LogP contribution < -0.4 is 39.0 Å². The fourth-order valence-electron chi connectivity index (χ4n) is 5.74. The maximum atomic E-state index is 11.7. The number of piperidine rings is 1. The van der Waals surface area contributed by atoms with Crippen LogP contribution in [0, 0.1) is 5.92 Å². The molecule has 174 valence electrons. The van der Waals surface area contributed by atoms with Gasteiger partial charge in [-0.25, -0.2) is 8.42 Å². The van der Waals surface area contributed by atoms with Crippen molar-refractivity contribution in [2.45, 2.75) is 50.4 Å². The standard InChI is InChI=1S/C21H23NO5.Na.H2O4S/c1-11(23)25-16-6-4-13-10-15-14-5-7-17(26-12(2)24)20-21(14,8-9-22(15)3)18(13)19(16)27-20;;1-5(2,3)4/h4-7,14-15,17,20H,8-10H2,1-3H3;;(H2,1,2,3,4)/q;+1;/p-1/t14-,15+,17-,20-,21-;;/m0../s1. The molecule has 1 aromatic rings. The zero-order valence-electron chi connectivity index (χ0n) is 18.8. The molecule has 0 amide bonds. The smallest absolute Gasteiger partial charge is 0.726 e. The molecule has 0 radical (unpaired) electrons. The summed E-state index contributed by atoms with van der Waals surface area (Å²) < 4.78 is 50.3. The van der Waals surface area contributed by atoms with Crippen LogP contribution in [0.1, 0.15) is 31.4 Å². The molecular formula is C21H24NNaO9S. The summed E-state index contributed by atoms with van der Waals surface area (Å²) in [6, 6.07) is 4.28. The third-order valence-electron chi connectivity index (χ3n) is 6.67. The number of carbonyl (C=O) groups is 2. The first-order valence-corrected chi connectivity index (χ1v) is 11.5. The van der Waals surface area contributed by atoms with Gasteiger partial charge in [-0.1, -0.05) is 12.1 Å². The van der Waals surface area contributed by atoms with E-state index in [1.54, 1.807) is 0 Å². The predicted molar refractivity (Wildman–Crippen MR) is 109 cm³/mol. The van der Waals surface area contributed by atoms with Gasteiger partial charge < -0.3 is 23.7 Å². The van der Waals surface area contributed by atoms with Crippen LogP contribution in [0.4, 0.5) is 0 Å². The van der Waals surface area contributed by atoms with Gasteiger partial charge in [-0.3, -0.25) is 14.1 Å². The Labute approximate surface area is 214 Å². The Kier molecular flexibility index (Phi) is 7.36. The molecule has 1 saturated heterocycles. The molecule has 0 aromatic heterocycles. The number of rotatable bonds is 2. The van der Waals surface area contributed by atoms with E-state index in [9.17, 15) is 9.59 Å². The number of carbonyl (C=O) groups excluding carboxylic acids is 2. The predicted octanol–water partition coefficient (Wildman–Crippen LogP) is -2.00. The quantitative estimate of drug-likeness (QED) is 0.124. The molecule has 10 nitrogen and oxygen atoms in total. The third-order valence-corrected chi connectivity index (χ3v) is 6.67. The summed E-state index contributed by atoms with van der Waals surface area (Å²) >= 11 is 0. The van der Waals surface area contributed by atoms with Crippen molar-refractivity contribution in [1.29, 1.82) is 0 Å². The molecule has 2 heterocycles. The van der Waals surface area contributed by atoms with Crippen molar-refractivity contribution in [3.63, 3.8) is 0 Å². The largest absolute Gasteiger partial charge is 1.00 e. The monoisotopic (exact) mass is 489 g/mol. The molecule has 1 spiro atoms. The molecule has 5 atom stereocenters. The van der Waals surface area contributed by atoms with E-state index in [4.69, 9.17) is 31.7 Å². The topological polar surface area (TPSA) is 142 Å². The number of nitrogens with zero attached hydrogens (tertiary/aromatic N) is 1. The number of hydrogen-bond donors (Lipinski definition) is 1. The van der Waals surface area contributed by atoms with Crippen molar-refractivity contribution in [1.82, 2.24) is 4.90 Å². The van der Waals surface area contributed by atoms with Crippen molar-refractivity contribution in [3.05, 3.63) is 35.4 Å². The summed E-state index contributed by atoms with van der Waals surface area (Å²) in [5.74, 6) is 0.712. The summed E-state index contributed by atoms with van der Waals surface area (Å²) in [6.45, 7) is 3.77. The van der Waals surface area contributed by atoms with Crippen LogP contribution in [-0.2, 0) is 36.6 Å². The van der Waals surface area contributed by atoms with Crippen LogP contribution >= 0.6 is 0 Å². The molecule has 2 bridgehead atoms. The van der Waals surface area contributed by atoms with Gasteiger partial charge in [0.25, 0.3) is 0 Å². The van der Waals surface area contributed by atoms with Crippen molar-refractivity contribution >= 4 is 22.3 Å². The van der Waals surface area contributed by atoms with E-state index < -0.39 is 16.5 Å². The van der Waals surface area contributed by atoms with Gasteiger partial charge in [-0.15, -0.1) is 0 Å². The number of benzene rings is 1. The zero-order valence-corrected chi connectivity index (χ0v) is 21.6. The summed E-state index contributed by atoms with van der Waals surface area (Å²) in [6.07, 6.45) is 5.31. The zero-order chi connectivity index (χ0) is 23.4. The molecule has 0 unspecified atom stereocenters. The van der Waals surface area contributed by atoms with Crippen LogP contribution in [0.3, 0.4) is 0 Å². The average Bonchev–Trinajstić information content (AvgIpc) is 3.00. The fraction of sp³-hybridized carbons (Fsp3) is 0.524. The van der Waals surface area contributed by atoms with E-state index >= 15 is 0 Å². The van der Waals surface area contributed by atoms with Crippen molar-refractivity contribution < 1.29 is 70.9 Å². The van der Waals surface area contributed by atoms with Crippen molar-refractivity contribution in [3.8, 4) is 11.5 Å². The van der Waals surface area contributed by atoms with Crippen LogP contribution in [0.25, 0.3) is 0 Å². The molecule has 1 fully saturated rings. The SMILES string of the molecule is CC(=O)Oc1ccc2c3c1O[C@H]1[C@@H](OC(C)=O)C=C[C@H]4[C@@H](C2)N(C)CC[C@@]341.O=S(=O)([O-])O.[Na+]. The summed E-state index contributed by atoms with van der Waals surface area (Å²) in [7, 11) is -2.74. The number of likely N-dealkylation sites (N-methyl/N-ethyl adjacent to an activating group) is 1. The van der Waals surface area contributed by atoms with E-state index in [1.807, 2.05) is 12.1 Å². The van der Waals surface area contributed by atoms with Gasteiger partial charge in [-0.05, 0) is 44.1 Å². The Morgan fingerprint density at radius 2 is 1.91 bits per heavy atom. The second-order valence-corrected chi connectivity index (χ2v) is 9.37. The number of esters is 2. The first kappa shape index (κ1) is 26.1. The third kappa shape index (κ3) is 4.72. The Bertz CT molecular complexity index is 1100. The van der Waals surface area contributed by atoms with Gasteiger partial charge in [0, 0.05) is 36.8 Å². The minimum atomic E-state index is -4.92. The van der Waals surface area contributed by atoms with Crippen LogP contribution in [0.2, 0.25) is 0 Å². The number of hydrogen-bond acceptors (Lipinski definition) is 9. The van der Waals surface area contributed by atoms with E-state index in [2.05, 4.69) is 24.1 Å². The second kappa shape index (κ2) is 9.29.